The van der Waals surface area contributed by atoms with Gasteiger partial charge in [0.1, 0.15) is 6.33 Å². The van der Waals surface area contributed by atoms with E-state index in [-0.39, 0.29) is 0 Å². The molecule has 5 heteroatoms. The minimum Gasteiger partial charge on any atom is -0.299 e. The largest absolute Gasteiger partial charge is 0.299 e. The van der Waals surface area contributed by atoms with Gasteiger partial charge in [-0.3, -0.25) is 4.90 Å². The number of benzene rings is 1. The second-order valence-electron chi connectivity index (χ2n) is 5.41. The van der Waals surface area contributed by atoms with Crippen LogP contribution in [0.4, 0.5) is 0 Å². The first-order valence-corrected chi connectivity index (χ1v) is 6.77. The van der Waals surface area contributed by atoms with Gasteiger partial charge in [-0.2, -0.15) is 0 Å². The topological polar surface area (TPSA) is 46.8 Å². The average molecular weight is 257 g/mol. The summed E-state index contributed by atoms with van der Waals surface area (Å²) < 4.78 is 1.69. The maximum atomic E-state index is 3.93. The second-order valence-corrected chi connectivity index (χ2v) is 5.41. The van der Waals surface area contributed by atoms with Crippen molar-refractivity contribution < 1.29 is 0 Å². The van der Waals surface area contributed by atoms with Gasteiger partial charge in [0.15, 0.2) is 0 Å². The maximum Gasteiger partial charge on any atom is 0.143 e. The number of rotatable bonds is 5. The van der Waals surface area contributed by atoms with E-state index in [0.717, 1.165) is 11.6 Å². The van der Waals surface area contributed by atoms with E-state index in [1.165, 1.54) is 24.9 Å². The summed E-state index contributed by atoms with van der Waals surface area (Å²) in [6.45, 7) is 3.44. The van der Waals surface area contributed by atoms with Crippen LogP contribution in [0.5, 0.6) is 0 Å². The summed E-state index contributed by atoms with van der Waals surface area (Å²) in [5.41, 5.74) is 2.31. The second kappa shape index (κ2) is 5.09. The molecule has 5 nitrogen and oxygen atoms in total. The summed E-state index contributed by atoms with van der Waals surface area (Å²) >= 11 is 0. The Morgan fingerprint density at radius 3 is 2.95 bits per heavy atom. The van der Waals surface area contributed by atoms with E-state index in [9.17, 15) is 0 Å². The zero-order valence-corrected chi connectivity index (χ0v) is 11.4. The molecule has 0 saturated heterocycles. The molecule has 1 unspecified atom stereocenters. The molecule has 1 aromatic heterocycles. The third-order valence-corrected chi connectivity index (χ3v) is 3.87. The predicted molar refractivity (Wildman–Crippen MR) is 72.9 cm³/mol. The molecule has 1 atom stereocenters. The monoisotopic (exact) mass is 257 g/mol. The van der Waals surface area contributed by atoms with Gasteiger partial charge in [0.25, 0.3) is 0 Å². The molecule has 1 aromatic carbocycles. The Morgan fingerprint density at radius 2 is 2.26 bits per heavy atom. The van der Waals surface area contributed by atoms with Crippen LogP contribution >= 0.6 is 0 Å². The lowest BCUT2D eigenvalue weighted by atomic mass is 10.1. The lowest BCUT2D eigenvalue weighted by Crippen LogP contribution is -2.24. The molecule has 0 radical (unpaired) electrons. The van der Waals surface area contributed by atoms with Crippen LogP contribution in [-0.2, 0) is 0 Å². The van der Waals surface area contributed by atoms with Crippen LogP contribution in [-0.4, -0.2) is 38.7 Å². The van der Waals surface area contributed by atoms with Crippen LogP contribution < -0.4 is 0 Å². The molecule has 2 aromatic rings. The zero-order chi connectivity index (χ0) is 13.2. The van der Waals surface area contributed by atoms with Crippen molar-refractivity contribution in [3.63, 3.8) is 0 Å². The lowest BCUT2D eigenvalue weighted by Gasteiger charge is -2.25. The van der Waals surface area contributed by atoms with Gasteiger partial charge in [-0.05, 0) is 60.9 Å². The fourth-order valence-electron chi connectivity index (χ4n) is 2.33. The first-order chi connectivity index (χ1) is 9.24. The van der Waals surface area contributed by atoms with Gasteiger partial charge in [-0.15, -0.1) is 5.10 Å². The van der Waals surface area contributed by atoms with Gasteiger partial charge in [0, 0.05) is 12.6 Å². The Morgan fingerprint density at radius 1 is 1.42 bits per heavy atom. The molecule has 0 amide bonds. The minimum absolute atomic E-state index is 0.414. The molecular weight excluding hydrogens is 238 g/mol. The molecule has 3 rings (SSSR count). The van der Waals surface area contributed by atoms with Crippen molar-refractivity contribution in [2.24, 2.45) is 5.92 Å². The van der Waals surface area contributed by atoms with Crippen molar-refractivity contribution in [2.45, 2.75) is 25.8 Å². The summed E-state index contributed by atoms with van der Waals surface area (Å²) in [5.74, 6) is 0.912. The van der Waals surface area contributed by atoms with Gasteiger partial charge >= 0.3 is 0 Å². The number of aromatic nitrogens is 4. The van der Waals surface area contributed by atoms with Crippen LogP contribution in [0.1, 0.15) is 31.4 Å². The van der Waals surface area contributed by atoms with Gasteiger partial charge in [0.2, 0.25) is 0 Å². The average Bonchev–Trinajstić information content (AvgIpc) is 3.08. The molecule has 0 spiro atoms. The quantitative estimate of drug-likeness (QED) is 0.822. The molecule has 1 saturated carbocycles. The van der Waals surface area contributed by atoms with Crippen molar-refractivity contribution in [1.29, 1.82) is 0 Å². The number of hydrogen-bond donors (Lipinski definition) is 0. The minimum atomic E-state index is 0.414. The molecule has 1 fully saturated rings. The highest BCUT2D eigenvalue weighted by Crippen LogP contribution is 2.32. The summed E-state index contributed by atoms with van der Waals surface area (Å²) in [4.78, 5) is 2.43. The van der Waals surface area contributed by atoms with Gasteiger partial charge in [-0.1, -0.05) is 12.1 Å². The molecule has 0 N–H and O–H groups in total. The molecular formula is C14H19N5. The summed E-state index contributed by atoms with van der Waals surface area (Å²) in [5, 5.41) is 11.3. The van der Waals surface area contributed by atoms with E-state index in [1.54, 1.807) is 11.0 Å². The molecule has 1 heterocycles. The smallest absolute Gasteiger partial charge is 0.143 e. The van der Waals surface area contributed by atoms with Gasteiger partial charge in [0.05, 0.1) is 5.69 Å². The zero-order valence-electron chi connectivity index (χ0n) is 11.4. The molecule has 0 bridgehead atoms. The first-order valence-electron chi connectivity index (χ1n) is 6.77. The van der Waals surface area contributed by atoms with Crippen molar-refractivity contribution >= 4 is 0 Å². The maximum absolute atomic E-state index is 3.93. The highest BCUT2D eigenvalue weighted by molar-refractivity contribution is 5.35. The van der Waals surface area contributed by atoms with Gasteiger partial charge < -0.3 is 0 Å². The van der Waals surface area contributed by atoms with Crippen molar-refractivity contribution in [1.82, 2.24) is 25.1 Å². The summed E-state index contributed by atoms with van der Waals surface area (Å²) in [7, 11) is 2.20. The standard InChI is InChI=1S/C14H19N5/c1-11(18(2)9-12-6-7-12)13-4-3-5-14(8-13)19-10-15-16-17-19/h3-5,8,10-12H,6-7,9H2,1-2H3. The van der Waals surface area contributed by atoms with E-state index < -0.39 is 0 Å². The van der Waals surface area contributed by atoms with Crippen LogP contribution in [0.25, 0.3) is 5.69 Å². The van der Waals surface area contributed by atoms with Crippen molar-refractivity contribution in [3.05, 3.63) is 36.2 Å². The molecule has 19 heavy (non-hydrogen) atoms. The highest BCUT2D eigenvalue weighted by Gasteiger charge is 2.25. The van der Waals surface area contributed by atoms with Crippen LogP contribution in [0.3, 0.4) is 0 Å². The van der Waals surface area contributed by atoms with Crippen molar-refractivity contribution in [3.8, 4) is 5.69 Å². The Hall–Kier alpha value is -1.75. The number of hydrogen-bond acceptors (Lipinski definition) is 4. The number of tetrazole rings is 1. The third kappa shape index (κ3) is 2.81. The lowest BCUT2D eigenvalue weighted by molar-refractivity contribution is 0.251. The Bertz CT molecular complexity index is 533. The highest BCUT2D eigenvalue weighted by atomic mass is 15.5. The van der Waals surface area contributed by atoms with Crippen LogP contribution in [0, 0.1) is 5.92 Å². The van der Waals surface area contributed by atoms with E-state index in [1.807, 2.05) is 6.07 Å². The molecule has 0 aliphatic heterocycles. The van der Waals surface area contributed by atoms with Crippen LogP contribution in [0.2, 0.25) is 0 Å². The van der Waals surface area contributed by atoms with E-state index >= 15 is 0 Å². The van der Waals surface area contributed by atoms with E-state index in [2.05, 4.69) is 52.6 Å². The number of nitrogens with zero attached hydrogens (tertiary/aromatic N) is 5. The van der Waals surface area contributed by atoms with E-state index in [0.29, 0.717) is 6.04 Å². The Balaban J connectivity index is 1.78. The summed E-state index contributed by atoms with van der Waals surface area (Å²) in [6, 6.07) is 8.82. The molecule has 1 aliphatic rings. The normalized spacial score (nSPS) is 16.8. The van der Waals surface area contributed by atoms with Crippen molar-refractivity contribution in [2.75, 3.05) is 13.6 Å². The summed E-state index contributed by atoms with van der Waals surface area (Å²) in [6.07, 6.45) is 4.40. The fraction of sp³-hybridized carbons (Fsp3) is 0.500. The van der Waals surface area contributed by atoms with E-state index in [4.69, 9.17) is 0 Å². The SMILES string of the molecule is CC(c1cccc(-n2cnnn2)c1)N(C)CC1CC1. The molecule has 1 aliphatic carbocycles. The third-order valence-electron chi connectivity index (χ3n) is 3.87. The predicted octanol–water partition coefficient (Wildman–Crippen LogP) is 2.07. The van der Waals surface area contributed by atoms with Crippen LogP contribution in [0.15, 0.2) is 30.6 Å². The Labute approximate surface area is 113 Å². The first kappa shape index (κ1) is 12.3. The molecule has 100 valence electrons. The fourth-order valence-corrected chi connectivity index (χ4v) is 2.33. The Kier molecular flexibility index (Phi) is 3.29. The van der Waals surface area contributed by atoms with Gasteiger partial charge in [-0.25, -0.2) is 4.68 Å².